The molecule has 0 rings (SSSR count). The molecule has 0 aromatic carbocycles. The minimum atomic E-state index is -0.465. The van der Waals surface area contributed by atoms with E-state index in [0.717, 1.165) is 25.7 Å². The van der Waals surface area contributed by atoms with Gasteiger partial charge >= 0.3 is 11.9 Å². The maximum atomic E-state index is 11.9. The Kier molecular flexibility index (Phi) is 11.4. The Labute approximate surface area is 133 Å². The quantitative estimate of drug-likeness (QED) is 0.408. The van der Waals surface area contributed by atoms with E-state index >= 15 is 0 Å². The zero-order valence-corrected chi connectivity index (χ0v) is 14.4. The highest BCUT2D eigenvalue weighted by molar-refractivity contribution is 5.87. The number of hydrogen-bond donors (Lipinski definition) is 0. The molecule has 128 valence electrons. The summed E-state index contributed by atoms with van der Waals surface area (Å²) < 4.78 is 10.2. The predicted octanol–water partition coefficient (Wildman–Crippen LogP) is 3.29. The number of esters is 2. The highest BCUT2D eigenvalue weighted by Crippen LogP contribution is 2.13. The summed E-state index contributed by atoms with van der Waals surface area (Å²) in [5.41, 5.74) is 0. The van der Waals surface area contributed by atoms with Crippen LogP contribution in [-0.2, 0) is 23.9 Å². The molecule has 0 aromatic heterocycles. The second-order valence-electron chi connectivity index (χ2n) is 5.79. The minimum absolute atomic E-state index is 0.109. The summed E-state index contributed by atoms with van der Waals surface area (Å²) in [5.74, 6) is -1.74. The van der Waals surface area contributed by atoms with Gasteiger partial charge in [-0.1, -0.05) is 40.5 Å². The summed E-state index contributed by atoms with van der Waals surface area (Å²) in [4.78, 5) is 35.3. The van der Waals surface area contributed by atoms with E-state index in [9.17, 15) is 14.4 Å². The molecule has 5 nitrogen and oxygen atoms in total. The van der Waals surface area contributed by atoms with Crippen LogP contribution in [-0.4, -0.2) is 30.9 Å². The van der Waals surface area contributed by atoms with Gasteiger partial charge in [-0.3, -0.25) is 14.4 Å². The van der Waals surface area contributed by atoms with Crippen molar-refractivity contribution in [1.29, 1.82) is 0 Å². The van der Waals surface area contributed by atoms with Gasteiger partial charge in [0.1, 0.15) is 5.78 Å². The normalized spacial score (nSPS) is 13.3. The van der Waals surface area contributed by atoms with E-state index < -0.39 is 11.8 Å². The maximum absolute atomic E-state index is 11.9. The van der Waals surface area contributed by atoms with Crippen LogP contribution in [0.25, 0.3) is 0 Å². The predicted molar refractivity (Wildman–Crippen MR) is 84.3 cm³/mol. The van der Waals surface area contributed by atoms with Crippen molar-refractivity contribution in [3.8, 4) is 0 Å². The highest BCUT2D eigenvalue weighted by Gasteiger charge is 2.22. The van der Waals surface area contributed by atoms with E-state index in [2.05, 4.69) is 0 Å². The van der Waals surface area contributed by atoms with Crippen molar-refractivity contribution in [2.75, 3.05) is 13.2 Å². The molecule has 0 saturated heterocycles. The van der Waals surface area contributed by atoms with Crippen molar-refractivity contribution >= 4 is 17.7 Å². The lowest BCUT2D eigenvalue weighted by atomic mass is 9.97. The van der Waals surface area contributed by atoms with E-state index in [-0.39, 0.29) is 30.6 Å². The second kappa shape index (κ2) is 12.2. The fourth-order valence-electron chi connectivity index (χ4n) is 1.85. The third kappa shape index (κ3) is 9.53. The molecule has 2 unspecified atom stereocenters. The van der Waals surface area contributed by atoms with Gasteiger partial charge in [-0.15, -0.1) is 0 Å². The zero-order chi connectivity index (χ0) is 17.0. The minimum Gasteiger partial charge on any atom is -0.465 e. The molecule has 0 aliphatic rings. The molecule has 0 bridgehead atoms. The number of Topliss-reactive ketones (excluding diaryl/α,β-unsaturated/α-hetero) is 1. The third-order valence-electron chi connectivity index (χ3n) is 3.36. The van der Waals surface area contributed by atoms with Crippen molar-refractivity contribution < 1.29 is 23.9 Å². The van der Waals surface area contributed by atoms with Gasteiger partial charge in [0.25, 0.3) is 0 Å². The number of rotatable bonds is 12. The largest absolute Gasteiger partial charge is 0.465 e. The van der Waals surface area contributed by atoms with Crippen LogP contribution in [0.1, 0.15) is 66.2 Å². The average Bonchev–Trinajstić information content (AvgIpc) is 2.47. The van der Waals surface area contributed by atoms with Gasteiger partial charge in [-0.05, 0) is 12.8 Å². The number of hydrogen-bond acceptors (Lipinski definition) is 5. The Morgan fingerprint density at radius 2 is 1.14 bits per heavy atom. The van der Waals surface area contributed by atoms with Crippen LogP contribution >= 0.6 is 0 Å². The average molecular weight is 314 g/mol. The van der Waals surface area contributed by atoms with Crippen LogP contribution in [0.5, 0.6) is 0 Å². The Morgan fingerprint density at radius 1 is 0.773 bits per heavy atom. The fourth-order valence-corrected chi connectivity index (χ4v) is 1.85. The van der Waals surface area contributed by atoms with Gasteiger partial charge in [-0.2, -0.15) is 0 Å². The lowest BCUT2D eigenvalue weighted by Gasteiger charge is -2.13. The van der Waals surface area contributed by atoms with Crippen LogP contribution < -0.4 is 0 Å². The van der Waals surface area contributed by atoms with E-state index in [1.54, 1.807) is 13.8 Å². The summed E-state index contributed by atoms with van der Waals surface area (Å²) >= 11 is 0. The Bertz CT molecular complexity index is 319. The molecule has 0 radical (unpaired) electrons. The molecule has 0 aliphatic carbocycles. The van der Waals surface area contributed by atoms with E-state index in [4.69, 9.17) is 9.47 Å². The van der Waals surface area contributed by atoms with Gasteiger partial charge < -0.3 is 9.47 Å². The van der Waals surface area contributed by atoms with Crippen LogP contribution in [0, 0.1) is 11.8 Å². The molecular weight excluding hydrogens is 284 g/mol. The highest BCUT2D eigenvalue weighted by atomic mass is 16.5. The summed E-state index contributed by atoms with van der Waals surface area (Å²) in [5, 5.41) is 0. The van der Waals surface area contributed by atoms with Gasteiger partial charge in [0.15, 0.2) is 0 Å². The van der Waals surface area contributed by atoms with E-state index in [0.29, 0.717) is 13.2 Å². The SMILES string of the molecule is CCCCOC(=O)C(C)CC(=O)CC(C)C(=O)OCCCC. The molecule has 2 atom stereocenters. The summed E-state index contributed by atoms with van der Waals surface area (Å²) in [6.45, 7) is 8.18. The molecule has 0 heterocycles. The third-order valence-corrected chi connectivity index (χ3v) is 3.36. The van der Waals surface area contributed by atoms with Gasteiger partial charge in [0.2, 0.25) is 0 Å². The topological polar surface area (TPSA) is 69.7 Å². The van der Waals surface area contributed by atoms with Crippen LogP contribution in [0.3, 0.4) is 0 Å². The molecular formula is C17H30O5. The lowest BCUT2D eigenvalue weighted by Crippen LogP contribution is -2.22. The Hall–Kier alpha value is -1.39. The fraction of sp³-hybridized carbons (Fsp3) is 0.824. The molecule has 0 N–H and O–H groups in total. The number of carbonyl (C=O) groups excluding carboxylic acids is 3. The monoisotopic (exact) mass is 314 g/mol. The van der Waals surface area contributed by atoms with Crippen LogP contribution in [0.15, 0.2) is 0 Å². The zero-order valence-electron chi connectivity index (χ0n) is 14.4. The lowest BCUT2D eigenvalue weighted by molar-refractivity contribution is -0.150. The Morgan fingerprint density at radius 3 is 1.45 bits per heavy atom. The molecule has 5 heteroatoms. The summed E-state index contributed by atoms with van der Waals surface area (Å²) in [6.07, 6.45) is 3.78. The van der Waals surface area contributed by atoms with Gasteiger partial charge in [-0.25, -0.2) is 0 Å². The number of unbranched alkanes of at least 4 members (excludes halogenated alkanes) is 2. The molecule has 0 aromatic rings. The number of ether oxygens (including phenoxy) is 2. The van der Waals surface area contributed by atoms with Gasteiger partial charge in [0, 0.05) is 12.8 Å². The van der Waals surface area contributed by atoms with Crippen molar-refractivity contribution in [2.45, 2.75) is 66.2 Å². The summed E-state index contributed by atoms with van der Waals surface area (Å²) in [6, 6.07) is 0. The molecule has 0 fully saturated rings. The van der Waals surface area contributed by atoms with Crippen molar-refractivity contribution in [2.24, 2.45) is 11.8 Å². The smallest absolute Gasteiger partial charge is 0.309 e. The van der Waals surface area contributed by atoms with Crippen LogP contribution in [0.2, 0.25) is 0 Å². The first-order valence-electron chi connectivity index (χ1n) is 8.27. The van der Waals surface area contributed by atoms with Crippen LogP contribution in [0.4, 0.5) is 0 Å². The molecule has 0 aliphatic heterocycles. The maximum Gasteiger partial charge on any atom is 0.309 e. The Balaban J connectivity index is 4.04. The summed E-state index contributed by atoms with van der Waals surface area (Å²) in [7, 11) is 0. The first-order chi connectivity index (χ1) is 10.4. The van der Waals surface area contributed by atoms with Crippen molar-refractivity contribution in [3.05, 3.63) is 0 Å². The van der Waals surface area contributed by atoms with E-state index in [1.807, 2.05) is 13.8 Å². The first-order valence-corrected chi connectivity index (χ1v) is 8.27. The van der Waals surface area contributed by atoms with Crippen molar-refractivity contribution in [3.63, 3.8) is 0 Å². The molecule has 0 amide bonds. The first kappa shape index (κ1) is 20.6. The van der Waals surface area contributed by atoms with E-state index in [1.165, 1.54) is 0 Å². The van der Waals surface area contributed by atoms with Crippen molar-refractivity contribution in [1.82, 2.24) is 0 Å². The second-order valence-corrected chi connectivity index (χ2v) is 5.79. The molecule has 0 saturated carbocycles. The van der Waals surface area contributed by atoms with Gasteiger partial charge in [0.05, 0.1) is 25.0 Å². The number of ketones is 1. The molecule has 22 heavy (non-hydrogen) atoms. The molecule has 0 spiro atoms. The standard InChI is InChI=1S/C17H30O5/c1-5-7-9-21-16(19)13(3)11-15(18)12-14(4)17(20)22-10-8-6-2/h13-14H,5-12H2,1-4H3. The number of carbonyl (C=O) groups is 3.